The van der Waals surface area contributed by atoms with E-state index in [1.165, 1.54) is 12.8 Å². The number of aliphatic hydroxyl groups excluding tert-OH is 1. The van der Waals surface area contributed by atoms with Crippen LogP contribution in [-0.4, -0.2) is 17.8 Å². The molecule has 1 aliphatic rings. The maximum atomic E-state index is 9.39. The Morgan fingerprint density at radius 1 is 1.39 bits per heavy atom. The van der Waals surface area contributed by atoms with Gasteiger partial charge in [-0.3, -0.25) is 0 Å². The third kappa shape index (κ3) is 2.74. The van der Waals surface area contributed by atoms with E-state index < -0.39 is 0 Å². The Kier molecular flexibility index (Phi) is 4.06. The lowest BCUT2D eigenvalue weighted by Crippen LogP contribution is -2.34. The average molecular weight is 245 g/mol. The van der Waals surface area contributed by atoms with Crippen LogP contribution < -0.4 is 11.1 Å². The molecule has 0 spiro atoms. The van der Waals surface area contributed by atoms with E-state index in [9.17, 15) is 5.11 Å². The summed E-state index contributed by atoms with van der Waals surface area (Å²) in [7, 11) is 0. The van der Waals surface area contributed by atoms with E-state index in [1.807, 2.05) is 0 Å². The Balaban J connectivity index is 2.14. The van der Waals surface area contributed by atoms with Crippen LogP contribution in [0, 0.1) is 17.2 Å². The summed E-state index contributed by atoms with van der Waals surface area (Å²) in [4.78, 5) is 0. The Bertz CT molecular complexity index is 453. The Morgan fingerprint density at radius 2 is 2.17 bits per heavy atom. The van der Waals surface area contributed by atoms with E-state index in [2.05, 4.69) is 11.4 Å². The minimum absolute atomic E-state index is 0.204. The Labute approximate surface area is 107 Å². The first kappa shape index (κ1) is 12.7. The number of nitrogens with two attached hydrogens (primary N) is 1. The number of anilines is 2. The molecule has 1 aromatic carbocycles. The SMILES string of the molecule is N#Cc1ccc(N)c(NC2CCCCC2CO)c1. The summed E-state index contributed by atoms with van der Waals surface area (Å²) in [5.74, 6) is 0.281. The maximum Gasteiger partial charge on any atom is 0.0992 e. The number of nitriles is 1. The first-order chi connectivity index (χ1) is 8.74. The lowest BCUT2D eigenvalue weighted by atomic mass is 9.85. The molecule has 4 N–H and O–H groups in total. The fraction of sp³-hybridized carbons (Fsp3) is 0.500. The third-order valence-corrected chi connectivity index (χ3v) is 3.67. The molecule has 1 aromatic rings. The zero-order chi connectivity index (χ0) is 13.0. The van der Waals surface area contributed by atoms with Gasteiger partial charge in [-0.15, -0.1) is 0 Å². The highest BCUT2D eigenvalue weighted by molar-refractivity contribution is 5.68. The highest BCUT2D eigenvalue weighted by Crippen LogP contribution is 2.29. The van der Waals surface area contributed by atoms with E-state index >= 15 is 0 Å². The number of rotatable bonds is 3. The molecule has 1 saturated carbocycles. The molecule has 1 aliphatic carbocycles. The number of hydrogen-bond donors (Lipinski definition) is 3. The smallest absolute Gasteiger partial charge is 0.0992 e. The monoisotopic (exact) mass is 245 g/mol. The van der Waals surface area contributed by atoms with Crippen LogP contribution in [0.5, 0.6) is 0 Å². The van der Waals surface area contributed by atoms with Crippen LogP contribution in [0.3, 0.4) is 0 Å². The molecule has 2 rings (SSSR count). The van der Waals surface area contributed by atoms with E-state index in [0.29, 0.717) is 11.3 Å². The van der Waals surface area contributed by atoms with Gasteiger partial charge in [0, 0.05) is 18.6 Å². The predicted octanol–water partition coefficient (Wildman–Crippen LogP) is 2.10. The first-order valence-corrected chi connectivity index (χ1v) is 6.41. The van der Waals surface area contributed by atoms with Crippen LogP contribution in [0.1, 0.15) is 31.2 Å². The first-order valence-electron chi connectivity index (χ1n) is 6.41. The molecule has 0 amide bonds. The van der Waals surface area contributed by atoms with Crippen molar-refractivity contribution in [1.82, 2.24) is 0 Å². The average Bonchev–Trinajstić information content (AvgIpc) is 2.42. The zero-order valence-electron chi connectivity index (χ0n) is 10.4. The summed E-state index contributed by atoms with van der Waals surface area (Å²) < 4.78 is 0. The lowest BCUT2D eigenvalue weighted by Gasteiger charge is -2.32. The highest BCUT2D eigenvalue weighted by atomic mass is 16.3. The zero-order valence-corrected chi connectivity index (χ0v) is 10.4. The number of nitrogens with one attached hydrogen (secondary N) is 1. The Hall–Kier alpha value is -1.73. The van der Waals surface area contributed by atoms with Gasteiger partial charge >= 0.3 is 0 Å². The van der Waals surface area contributed by atoms with Gasteiger partial charge in [-0.05, 0) is 31.0 Å². The predicted molar refractivity (Wildman–Crippen MR) is 72.0 cm³/mol. The normalized spacial score (nSPS) is 23.3. The van der Waals surface area contributed by atoms with Gasteiger partial charge in [0.2, 0.25) is 0 Å². The minimum Gasteiger partial charge on any atom is -0.397 e. The molecule has 0 heterocycles. The molecule has 1 fully saturated rings. The van der Waals surface area contributed by atoms with Gasteiger partial charge in [0.15, 0.2) is 0 Å². The van der Waals surface area contributed by atoms with Crippen molar-refractivity contribution in [2.24, 2.45) is 5.92 Å². The fourth-order valence-corrected chi connectivity index (χ4v) is 2.57. The number of benzene rings is 1. The molecule has 2 unspecified atom stereocenters. The largest absolute Gasteiger partial charge is 0.397 e. The van der Waals surface area contributed by atoms with Gasteiger partial charge in [0.1, 0.15) is 0 Å². The lowest BCUT2D eigenvalue weighted by molar-refractivity contribution is 0.178. The number of nitrogens with zero attached hydrogens (tertiary/aromatic N) is 1. The molecule has 0 aromatic heterocycles. The number of nitrogen functional groups attached to an aromatic ring is 1. The second-order valence-electron chi connectivity index (χ2n) is 4.89. The molecular weight excluding hydrogens is 226 g/mol. The van der Waals surface area contributed by atoms with Gasteiger partial charge in [-0.25, -0.2) is 0 Å². The second kappa shape index (κ2) is 5.74. The van der Waals surface area contributed by atoms with E-state index in [4.69, 9.17) is 11.0 Å². The van der Waals surface area contributed by atoms with Gasteiger partial charge in [0.25, 0.3) is 0 Å². The molecule has 0 aliphatic heterocycles. The minimum atomic E-state index is 0.204. The summed E-state index contributed by atoms with van der Waals surface area (Å²) in [5, 5.41) is 21.7. The standard InChI is InChI=1S/C14H19N3O/c15-8-10-5-6-12(16)14(7-10)17-13-4-2-1-3-11(13)9-18/h5-7,11,13,17-18H,1-4,9,16H2. The van der Waals surface area contributed by atoms with Gasteiger partial charge in [-0.1, -0.05) is 12.8 Å². The van der Waals surface area contributed by atoms with Crippen molar-refractivity contribution in [2.45, 2.75) is 31.7 Å². The molecular formula is C14H19N3O. The van der Waals surface area contributed by atoms with Gasteiger partial charge in [-0.2, -0.15) is 5.26 Å². The molecule has 4 nitrogen and oxygen atoms in total. The topological polar surface area (TPSA) is 82.1 Å². The van der Waals surface area contributed by atoms with Crippen molar-refractivity contribution < 1.29 is 5.11 Å². The molecule has 4 heteroatoms. The number of aliphatic hydroxyl groups is 1. The van der Waals surface area contributed by atoms with Crippen molar-refractivity contribution in [3.05, 3.63) is 23.8 Å². The van der Waals surface area contributed by atoms with Crippen molar-refractivity contribution in [2.75, 3.05) is 17.7 Å². The van der Waals surface area contributed by atoms with Crippen molar-refractivity contribution in [1.29, 1.82) is 5.26 Å². The second-order valence-corrected chi connectivity index (χ2v) is 4.89. The maximum absolute atomic E-state index is 9.39. The summed E-state index contributed by atoms with van der Waals surface area (Å²) in [6.07, 6.45) is 4.44. The molecule has 2 atom stereocenters. The quantitative estimate of drug-likeness (QED) is 0.712. The van der Waals surface area contributed by atoms with Crippen molar-refractivity contribution in [3.8, 4) is 6.07 Å². The highest BCUT2D eigenvalue weighted by Gasteiger charge is 2.24. The molecule has 0 bridgehead atoms. The van der Waals surface area contributed by atoms with E-state index in [0.717, 1.165) is 18.5 Å². The fourth-order valence-electron chi connectivity index (χ4n) is 2.57. The van der Waals surface area contributed by atoms with Gasteiger partial charge < -0.3 is 16.2 Å². The van der Waals surface area contributed by atoms with Crippen LogP contribution in [0.15, 0.2) is 18.2 Å². The van der Waals surface area contributed by atoms with Crippen LogP contribution in [0.4, 0.5) is 11.4 Å². The van der Waals surface area contributed by atoms with Crippen LogP contribution in [-0.2, 0) is 0 Å². The van der Waals surface area contributed by atoms with E-state index in [-0.39, 0.29) is 18.6 Å². The number of hydrogen-bond acceptors (Lipinski definition) is 4. The van der Waals surface area contributed by atoms with Crippen LogP contribution >= 0.6 is 0 Å². The summed E-state index contributed by atoms with van der Waals surface area (Å²) in [6.45, 7) is 0.204. The van der Waals surface area contributed by atoms with Crippen LogP contribution in [0.2, 0.25) is 0 Å². The summed E-state index contributed by atoms with van der Waals surface area (Å²) in [5.41, 5.74) is 7.97. The molecule has 18 heavy (non-hydrogen) atoms. The third-order valence-electron chi connectivity index (χ3n) is 3.67. The molecule has 0 saturated heterocycles. The van der Waals surface area contributed by atoms with Crippen LogP contribution in [0.25, 0.3) is 0 Å². The molecule has 96 valence electrons. The van der Waals surface area contributed by atoms with E-state index in [1.54, 1.807) is 18.2 Å². The van der Waals surface area contributed by atoms with Crippen molar-refractivity contribution in [3.63, 3.8) is 0 Å². The Morgan fingerprint density at radius 3 is 2.89 bits per heavy atom. The van der Waals surface area contributed by atoms with Crippen molar-refractivity contribution >= 4 is 11.4 Å². The summed E-state index contributed by atoms with van der Waals surface area (Å²) in [6, 6.07) is 7.60. The molecule has 0 radical (unpaired) electrons. The van der Waals surface area contributed by atoms with Gasteiger partial charge in [0.05, 0.1) is 23.0 Å². The summed E-state index contributed by atoms with van der Waals surface area (Å²) >= 11 is 0.